The summed E-state index contributed by atoms with van der Waals surface area (Å²) in [5.41, 5.74) is 1.98. The van der Waals surface area contributed by atoms with Crippen LogP contribution < -0.4 is 9.04 Å². The monoisotopic (exact) mass is 488 g/mol. The van der Waals surface area contributed by atoms with E-state index in [2.05, 4.69) is 4.98 Å². The minimum absolute atomic E-state index is 0.0313. The third-order valence-electron chi connectivity index (χ3n) is 4.86. The van der Waals surface area contributed by atoms with Crippen molar-refractivity contribution in [2.45, 2.75) is 32.3 Å². The van der Waals surface area contributed by atoms with Crippen LogP contribution in [0.15, 0.2) is 65.8 Å². The molecule has 0 unspecified atom stereocenters. The van der Waals surface area contributed by atoms with Gasteiger partial charge in [0, 0.05) is 30.0 Å². The second kappa shape index (κ2) is 10.2. The normalized spacial score (nSPS) is 11.4. The Morgan fingerprint density at radius 1 is 1.18 bits per heavy atom. The number of aryl methyl sites for hydroxylation is 1. The van der Waals surface area contributed by atoms with Crippen molar-refractivity contribution in [1.82, 2.24) is 4.98 Å². The first kappa shape index (κ1) is 24.5. The zero-order chi connectivity index (χ0) is 24.2. The van der Waals surface area contributed by atoms with Crippen molar-refractivity contribution in [1.29, 1.82) is 0 Å². The Morgan fingerprint density at radius 2 is 1.88 bits per heavy atom. The number of carboxylic acids is 1. The highest BCUT2D eigenvalue weighted by Crippen LogP contribution is 2.37. The molecule has 7 nitrogen and oxygen atoms in total. The fourth-order valence-electron chi connectivity index (χ4n) is 3.15. The Bertz CT molecular complexity index is 1230. The molecule has 3 aromatic rings. The zero-order valence-electron chi connectivity index (χ0n) is 18.5. The summed E-state index contributed by atoms with van der Waals surface area (Å²) in [4.78, 5) is 15.1. The lowest BCUT2D eigenvalue weighted by Crippen LogP contribution is -2.34. The van der Waals surface area contributed by atoms with Crippen LogP contribution in [0, 0.1) is 12.8 Å². The first-order chi connectivity index (χ1) is 15.6. The van der Waals surface area contributed by atoms with E-state index in [1.807, 2.05) is 13.8 Å². The quantitative estimate of drug-likeness (QED) is 0.446. The molecule has 1 heterocycles. The standard InChI is InChI=1S/C24H25ClN2O5S/c1-16(2)14-27(33(30,31)20-5-4-10-26-13-20)22-11-17(3)21(25)12-23(22)32-15-18-6-8-19(9-7-18)24(28)29/h4-13,16H,14-15H2,1-3H3,(H,28,29). The summed E-state index contributed by atoms with van der Waals surface area (Å²) >= 11 is 6.34. The molecule has 0 fully saturated rings. The molecule has 1 aromatic heterocycles. The minimum Gasteiger partial charge on any atom is -0.487 e. The lowest BCUT2D eigenvalue weighted by Gasteiger charge is -2.28. The lowest BCUT2D eigenvalue weighted by molar-refractivity contribution is 0.0697. The van der Waals surface area contributed by atoms with Gasteiger partial charge in [-0.1, -0.05) is 37.6 Å². The molecule has 0 aliphatic carbocycles. The van der Waals surface area contributed by atoms with Gasteiger partial charge in [-0.25, -0.2) is 13.2 Å². The summed E-state index contributed by atoms with van der Waals surface area (Å²) in [5, 5.41) is 9.51. The average Bonchev–Trinajstić information content (AvgIpc) is 2.78. The Labute approximate surface area is 198 Å². The maximum absolute atomic E-state index is 13.5. The summed E-state index contributed by atoms with van der Waals surface area (Å²) in [6, 6.07) is 12.7. The number of aromatic nitrogens is 1. The molecule has 0 atom stereocenters. The minimum atomic E-state index is -3.92. The number of rotatable bonds is 9. The second-order valence-electron chi connectivity index (χ2n) is 7.98. The summed E-state index contributed by atoms with van der Waals surface area (Å²) in [5.74, 6) is -0.676. The van der Waals surface area contributed by atoms with Gasteiger partial charge in [-0.05, 0) is 54.3 Å². The van der Waals surface area contributed by atoms with Crippen molar-refractivity contribution in [3.63, 3.8) is 0 Å². The molecule has 0 aliphatic rings. The van der Waals surface area contributed by atoms with Crippen molar-refractivity contribution in [3.05, 3.63) is 82.6 Å². The molecular formula is C24H25ClN2O5S. The van der Waals surface area contributed by atoms with Gasteiger partial charge in [0.05, 0.1) is 11.3 Å². The van der Waals surface area contributed by atoms with Crippen LogP contribution >= 0.6 is 11.6 Å². The van der Waals surface area contributed by atoms with Crippen LogP contribution in [0.5, 0.6) is 5.75 Å². The first-order valence-electron chi connectivity index (χ1n) is 10.3. The topological polar surface area (TPSA) is 96.8 Å². The van der Waals surface area contributed by atoms with E-state index in [9.17, 15) is 13.2 Å². The predicted octanol–water partition coefficient (Wildman–Crippen LogP) is 5.17. The maximum atomic E-state index is 13.5. The molecule has 0 radical (unpaired) electrons. The molecule has 9 heteroatoms. The molecule has 2 aromatic carbocycles. The van der Waals surface area contributed by atoms with Crippen LogP contribution in [-0.2, 0) is 16.6 Å². The van der Waals surface area contributed by atoms with E-state index in [1.54, 1.807) is 37.3 Å². The van der Waals surface area contributed by atoms with E-state index in [0.717, 1.165) is 5.56 Å². The number of hydrogen-bond acceptors (Lipinski definition) is 5. The van der Waals surface area contributed by atoms with Gasteiger partial charge in [0.1, 0.15) is 17.3 Å². The van der Waals surface area contributed by atoms with Crippen LogP contribution in [0.4, 0.5) is 5.69 Å². The fraction of sp³-hybridized carbons (Fsp3) is 0.250. The fourth-order valence-corrected chi connectivity index (χ4v) is 4.90. The van der Waals surface area contributed by atoms with Gasteiger partial charge in [0.15, 0.2) is 0 Å². The van der Waals surface area contributed by atoms with Crippen LogP contribution in [-0.4, -0.2) is 31.0 Å². The van der Waals surface area contributed by atoms with Gasteiger partial charge in [-0.2, -0.15) is 0 Å². The van der Waals surface area contributed by atoms with Crippen molar-refractivity contribution in [2.75, 3.05) is 10.8 Å². The molecule has 33 heavy (non-hydrogen) atoms. The number of halogens is 1. The van der Waals surface area contributed by atoms with Crippen molar-refractivity contribution in [2.24, 2.45) is 5.92 Å². The molecule has 3 rings (SSSR count). The Kier molecular flexibility index (Phi) is 7.61. The maximum Gasteiger partial charge on any atom is 0.335 e. The summed E-state index contributed by atoms with van der Waals surface area (Å²) in [7, 11) is -3.92. The first-order valence-corrected chi connectivity index (χ1v) is 12.1. The molecule has 0 aliphatic heterocycles. The van der Waals surface area contributed by atoms with Gasteiger partial charge in [-0.3, -0.25) is 9.29 Å². The number of sulfonamides is 1. The largest absolute Gasteiger partial charge is 0.487 e. The average molecular weight is 489 g/mol. The SMILES string of the molecule is Cc1cc(N(CC(C)C)S(=O)(=O)c2cccnc2)c(OCc2ccc(C(=O)O)cc2)cc1Cl. The molecule has 0 bridgehead atoms. The predicted molar refractivity (Wildman–Crippen MR) is 128 cm³/mol. The number of pyridine rings is 1. The number of aromatic carboxylic acids is 1. The summed E-state index contributed by atoms with van der Waals surface area (Å²) in [6.07, 6.45) is 2.83. The van der Waals surface area contributed by atoms with E-state index in [0.29, 0.717) is 22.0 Å². The number of benzene rings is 2. The third-order valence-corrected chi connectivity index (χ3v) is 7.03. The van der Waals surface area contributed by atoms with Crippen LogP contribution in [0.3, 0.4) is 0 Å². The van der Waals surface area contributed by atoms with Crippen molar-refractivity contribution < 1.29 is 23.1 Å². The zero-order valence-corrected chi connectivity index (χ0v) is 20.1. The molecule has 0 spiro atoms. The molecule has 0 saturated heterocycles. The number of hydrogen-bond donors (Lipinski definition) is 1. The number of carbonyl (C=O) groups is 1. The van der Waals surface area contributed by atoms with Gasteiger partial charge >= 0.3 is 5.97 Å². The Hall–Kier alpha value is -3.10. The molecule has 1 N–H and O–H groups in total. The molecule has 0 saturated carbocycles. The molecular weight excluding hydrogens is 464 g/mol. The Morgan fingerprint density at radius 3 is 2.45 bits per heavy atom. The van der Waals surface area contributed by atoms with E-state index in [4.69, 9.17) is 21.4 Å². The van der Waals surface area contributed by atoms with Gasteiger partial charge < -0.3 is 9.84 Å². The van der Waals surface area contributed by atoms with Crippen molar-refractivity contribution >= 4 is 33.3 Å². The van der Waals surface area contributed by atoms with Crippen molar-refractivity contribution in [3.8, 4) is 5.75 Å². The number of carboxylic acid groups (broad SMARTS) is 1. The van der Waals surface area contributed by atoms with Gasteiger partial charge in [0.2, 0.25) is 0 Å². The summed E-state index contributed by atoms with van der Waals surface area (Å²) in [6.45, 7) is 5.99. The van der Waals surface area contributed by atoms with E-state index >= 15 is 0 Å². The van der Waals surface area contributed by atoms with E-state index in [1.165, 1.54) is 34.9 Å². The molecule has 0 amide bonds. The van der Waals surface area contributed by atoms with Crippen LogP contribution in [0.25, 0.3) is 0 Å². The van der Waals surface area contributed by atoms with Crippen LogP contribution in [0.1, 0.15) is 35.3 Å². The van der Waals surface area contributed by atoms with Gasteiger partial charge in [0.25, 0.3) is 10.0 Å². The second-order valence-corrected chi connectivity index (χ2v) is 10.2. The Balaban J connectivity index is 2.02. The smallest absolute Gasteiger partial charge is 0.335 e. The summed E-state index contributed by atoms with van der Waals surface area (Å²) < 4.78 is 34.4. The number of nitrogens with zero attached hydrogens (tertiary/aromatic N) is 2. The van der Waals surface area contributed by atoms with E-state index in [-0.39, 0.29) is 29.5 Å². The third kappa shape index (κ3) is 5.83. The lowest BCUT2D eigenvalue weighted by atomic mass is 10.1. The highest BCUT2D eigenvalue weighted by atomic mass is 35.5. The van der Waals surface area contributed by atoms with Gasteiger partial charge in [-0.15, -0.1) is 0 Å². The number of anilines is 1. The van der Waals surface area contributed by atoms with Crippen LogP contribution in [0.2, 0.25) is 5.02 Å². The van der Waals surface area contributed by atoms with E-state index < -0.39 is 16.0 Å². The number of ether oxygens (including phenoxy) is 1. The molecule has 174 valence electrons. The highest BCUT2D eigenvalue weighted by Gasteiger charge is 2.29. The highest BCUT2D eigenvalue weighted by molar-refractivity contribution is 7.92.